The average Bonchev–Trinajstić information content (AvgIpc) is 3.43. The van der Waals surface area contributed by atoms with Gasteiger partial charge in [-0.2, -0.15) is 0 Å². The van der Waals surface area contributed by atoms with E-state index >= 15 is 0 Å². The second-order valence-electron chi connectivity index (χ2n) is 7.42. The highest BCUT2D eigenvalue weighted by Crippen LogP contribution is 2.23. The molecule has 2 N–H and O–H groups in total. The van der Waals surface area contributed by atoms with Gasteiger partial charge in [-0.05, 0) is 58.6 Å². The molecule has 1 atom stereocenters. The van der Waals surface area contributed by atoms with E-state index in [4.69, 9.17) is 0 Å². The highest BCUT2D eigenvalue weighted by atomic mass is 79.9. The lowest BCUT2D eigenvalue weighted by atomic mass is 10.1. The number of benzene rings is 1. The molecular weight excluding hydrogens is 499 g/mol. The number of aromatic nitrogens is 1. The monoisotopic (exact) mass is 518 g/mol. The molecular formula is C22H20BrFN4O3S. The Bertz CT molecular complexity index is 1210. The van der Waals surface area contributed by atoms with Crippen molar-refractivity contribution in [1.82, 2.24) is 14.8 Å². The minimum Gasteiger partial charge on any atom is -0.351 e. The third-order valence-corrected chi connectivity index (χ3v) is 6.84. The normalized spacial score (nSPS) is 15.6. The maximum Gasteiger partial charge on any atom is 0.321 e. The molecule has 2 aromatic heterocycles. The summed E-state index contributed by atoms with van der Waals surface area (Å²) in [5, 5.41) is 5.50. The number of urea groups is 1. The Morgan fingerprint density at radius 3 is 2.75 bits per heavy atom. The highest BCUT2D eigenvalue weighted by Gasteiger charge is 2.27. The quantitative estimate of drug-likeness (QED) is 0.533. The van der Waals surface area contributed by atoms with Crippen LogP contribution in [0.4, 0.5) is 14.9 Å². The first-order valence-corrected chi connectivity index (χ1v) is 11.6. The minimum atomic E-state index is -0.628. The lowest BCUT2D eigenvalue weighted by Gasteiger charge is -2.18. The molecule has 0 bridgehead atoms. The van der Waals surface area contributed by atoms with E-state index in [2.05, 4.69) is 26.6 Å². The Hall–Kier alpha value is -2.98. The molecule has 0 saturated carbocycles. The van der Waals surface area contributed by atoms with Crippen LogP contribution >= 0.6 is 27.3 Å². The first-order chi connectivity index (χ1) is 15.4. The van der Waals surface area contributed by atoms with Crippen LogP contribution < -0.4 is 16.2 Å². The van der Waals surface area contributed by atoms with Crippen LogP contribution in [0.3, 0.4) is 0 Å². The molecule has 1 aromatic carbocycles. The van der Waals surface area contributed by atoms with Gasteiger partial charge in [-0.25, -0.2) is 9.18 Å². The first kappa shape index (κ1) is 22.2. The summed E-state index contributed by atoms with van der Waals surface area (Å²) in [6, 6.07) is 12.1. The zero-order valence-corrected chi connectivity index (χ0v) is 19.3. The van der Waals surface area contributed by atoms with Gasteiger partial charge in [0.1, 0.15) is 5.82 Å². The van der Waals surface area contributed by atoms with Crippen molar-refractivity contribution in [3.8, 4) is 5.69 Å². The lowest BCUT2D eigenvalue weighted by molar-refractivity contribution is 0.0952. The van der Waals surface area contributed by atoms with Gasteiger partial charge in [-0.3, -0.25) is 14.2 Å². The van der Waals surface area contributed by atoms with Crippen molar-refractivity contribution in [2.75, 3.05) is 25.0 Å². The number of nitrogens with one attached hydrogen (secondary N) is 2. The number of amides is 3. The molecule has 3 amide bonds. The van der Waals surface area contributed by atoms with Gasteiger partial charge in [0.25, 0.3) is 11.5 Å². The van der Waals surface area contributed by atoms with Gasteiger partial charge in [0.2, 0.25) is 0 Å². The van der Waals surface area contributed by atoms with Crippen molar-refractivity contribution < 1.29 is 14.0 Å². The number of pyridine rings is 1. The number of carbonyl (C=O) groups is 2. The maximum atomic E-state index is 14.6. The number of rotatable bonds is 5. The number of hydrogen-bond acceptors (Lipinski definition) is 4. The van der Waals surface area contributed by atoms with Crippen molar-refractivity contribution in [2.45, 2.75) is 6.42 Å². The molecule has 1 aliphatic heterocycles. The molecule has 0 spiro atoms. The topological polar surface area (TPSA) is 83.4 Å². The molecule has 3 heterocycles. The number of halogens is 2. The van der Waals surface area contributed by atoms with E-state index in [-0.39, 0.29) is 23.1 Å². The summed E-state index contributed by atoms with van der Waals surface area (Å²) < 4.78 is 16.8. The fourth-order valence-corrected chi connectivity index (χ4v) is 4.84. The van der Waals surface area contributed by atoms with Gasteiger partial charge in [-0.1, -0.05) is 6.07 Å². The zero-order valence-electron chi connectivity index (χ0n) is 16.9. The van der Waals surface area contributed by atoms with E-state index in [1.807, 2.05) is 6.07 Å². The smallest absolute Gasteiger partial charge is 0.321 e. The summed E-state index contributed by atoms with van der Waals surface area (Å²) in [5.41, 5.74) is 0.147. The summed E-state index contributed by atoms with van der Waals surface area (Å²) in [6.07, 6.45) is 2.30. The van der Waals surface area contributed by atoms with Crippen LogP contribution in [-0.4, -0.2) is 41.0 Å². The molecule has 4 rings (SSSR count). The van der Waals surface area contributed by atoms with Gasteiger partial charge in [0.15, 0.2) is 0 Å². The highest BCUT2D eigenvalue weighted by molar-refractivity contribution is 9.11. The van der Waals surface area contributed by atoms with Crippen molar-refractivity contribution in [1.29, 1.82) is 0 Å². The van der Waals surface area contributed by atoms with Crippen LogP contribution in [0.1, 0.15) is 16.1 Å². The molecule has 7 nitrogen and oxygen atoms in total. The lowest BCUT2D eigenvalue weighted by Crippen LogP contribution is -2.35. The number of thiophene rings is 1. The van der Waals surface area contributed by atoms with E-state index in [0.29, 0.717) is 30.2 Å². The molecule has 0 aliphatic carbocycles. The van der Waals surface area contributed by atoms with E-state index in [1.54, 1.807) is 35.4 Å². The van der Waals surface area contributed by atoms with Crippen molar-refractivity contribution in [2.24, 2.45) is 5.92 Å². The van der Waals surface area contributed by atoms with Crippen LogP contribution in [0, 0.1) is 11.7 Å². The predicted molar refractivity (Wildman–Crippen MR) is 125 cm³/mol. The summed E-state index contributed by atoms with van der Waals surface area (Å²) in [7, 11) is 0. The maximum absolute atomic E-state index is 14.6. The van der Waals surface area contributed by atoms with Gasteiger partial charge in [0, 0.05) is 38.0 Å². The Labute approximate surface area is 196 Å². The molecule has 1 fully saturated rings. The van der Waals surface area contributed by atoms with E-state index in [1.165, 1.54) is 34.1 Å². The first-order valence-electron chi connectivity index (χ1n) is 9.98. The third kappa shape index (κ3) is 5.08. The molecule has 1 aliphatic rings. The Morgan fingerprint density at radius 2 is 2.03 bits per heavy atom. The molecule has 0 radical (unpaired) electrons. The summed E-state index contributed by atoms with van der Waals surface area (Å²) in [6.45, 7) is 1.46. The largest absolute Gasteiger partial charge is 0.351 e. The van der Waals surface area contributed by atoms with E-state index < -0.39 is 11.8 Å². The zero-order chi connectivity index (χ0) is 22.7. The van der Waals surface area contributed by atoms with Crippen molar-refractivity contribution in [3.05, 3.63) is 79.6 Å². The average molecular weight is 519 g/mol. The number of likely N-dealkylation sites (tertiary alicyclic amines) is 1. The number of carbonyl (C=O) groups excluding carboxylic acids is 2. The van der Waals surface area contributed by atoms with Crippen LogP contribution in [0.5, 0.6) is 0 Å². The molecule has 1 saturated heterocycles. The van der Waals surface area contributed by atoms with E-state index in [9.17, 15) is 18.8 Å². The molecule has 166 valence electrons. The minimum absolute atomic E-state index is 0.0442. The third-order valence-electron chi connectivity index (χ3n) is 5.22. The van der Waals surface area contributed by atoms with Gasteiger partial charge >= 0.3 is 6.03 Å². The number of anilines is 1. The Balaban J connectivity index is 1.32. The fourth-order valence-electron chi connectivity index (χ4n) is 3.53. The van der Waals surface area contributed by atoms with E-state index in [0.717, 1.165) is 10.2 Å². The summed E-state index contributed by atoms with van der Waals surface area (Å²) in [5.74, 6) is -0.634. The molecule has 3 aromatic rings. The van der Waals surface area contributed by atoms with Crippen molar-refractivity contribution in [3.63, 3.8) is 0 Å². The summed E-state index contributed by atoms with van der Waals surface area (Å²) in [4.78, 5) is 38.9. The standard InChI is InChI=1S/C22H20BrFN4O3S/c23-19-7-6-18(32-19)21(30)25-12-14-8-10-27(13-14)22(31)26-17-5-4-15(11-16(17)24)28-9-2-1-3-20(28)29/h1-7,9,11,14H,8,10,12-13H2,(H,25,30)(H,26,31)/t14-/m1/s1. The molecule has 10 heteroatoms. The Kier molecular flexibility index (Phi) is 6.71. The number of nitrogens with zero attached hydrogens (tertiary/aromatic N) is 2. The molecule has 0 unspecified atom stereocenters. The van der Waals surface area contributed by atoms with Crippen LogP contribution in [0.15, 0.2) is 63.3 Å². The van der Waals surface area contributed by atoms with Gasteiger partial charge in [-0.15, -0.1) is 11.3 Å². The van der Waals surface area contributed by atoms with Crippen LogP contribution in [-0.2, 0) is 0 Å². The summed E-state index contributed by atoms with van der Waals surface area (Å²) >= 11 is 4.70. The second kappa shape index (κ2) is 9.66. The van der Waals surface area contributed by atoms with Crippen LogP contribution in [0.25, 0.3) is 5.69 Å². The predicted octanol–water partition coefficient (Wildman–Crippen LogP) is 4.08. The van der Waals surface area contributed by atoms with Gasteiger partial charge < -0.3 is 15.5 Å². The number of hydrogen-bond donors (Lipinski definition) is 2. The SMILES string of the molecule is O=C(NC[C@H]1CCN(C(=O)Nc2ccc(-n3ccccc3=O)cc2F)C1)c1ccc(Br)s1. The molecule has 32 heavy (non-hydrogen) atoms. The van der Waals surface area contributed by atoms with Crippen molar-refractivity contribution >= 4 is 44.9 Å². The second-order valence-corrected chi connectivity index (χ2v) is 9.88. The Morgan fingerprint density at radius 1 is 1.19 bits per heavy atom. The fraction of sp³-hybridized carbons (Fsp3) is 0.227. The van der Waals surface area contributed by atoms with Gasteiger partial charge in [0.05, 0.1) is 20.0 Å². The van der Waals surface area contributed by atoms with Crippen LogP contribution in [0.2, 0.25) is 0 Å².